The molecule has 7 unspecified atom stereocenters. The highest BCUT2D eigenvalue weighted by Gasteiger charge is 2.31. The molecule has 0 aromatic rings. The van der Waals surface area contributed by atoms with Crippen LogP contribution in [0.2, 0.25) is 0 Å². The van der Waals surface area contributed by atoms with E-state index in [1.807, 2.05) is 0 Å². The summed E-state index contributed by atoms with van der Waals surface area (Å²) < 4.78 is 0. The van der Waals surface area contributed by atoms with Crippen molar-refractivity contribution in [3.05, 3.63) is 95.7 Å². The van der Waals surface area contributed by atoms with Gasteiger partial charge in [0.1, 0.15) is 0 Å². The van der Waals surface area contributed by atoms with Gasteiger partial charge in [0.25, 0.3) is 0 Å². The van der Waals surface area contributed by atoms with Crippen molar-refractivity contribution < 1.29 is 0 Å². The lowest BCUT2D eigenvalue weighted by Gasteiger charge is -2.37. The summed E-state index contributed by atoms with van der Waals surface area (Å²) in [4.78, 5) is 0. The van der Waals surface area contributed by atoms with Gasteiger partial charge < -0.3 is 5.32 Å². The molecule has 0 aromatic carbocycles. The van der Waals surface area contributed by atoms with E-state index < -0.39 is 0 Å². The molecule has 0 fully saturated rings. The first-order valence-electron chi connectivity index (χ1n) is 13.4. The summed E-state index contributed by atoms with van der Waals surface area (Å²) >= 11 is 0. The smallest absolute Gasteiger partial charge is 0.0356 e. The van der Waals surface area contributed by atoms with Crippen molar-refractivity contribution >= 4 is 0 Å². The summed E-state index contributed by atoms with van der Waals surface area (Å²) in [6.45, 7) is 4.72. The Morgan fingerprint density at radius 1 is 0.727 bits per heavy atom. The van der Waals surface area contributed by atoms with Gasteiger partial charge in [-0.2, -0.15) is 0 Å². The van der Waals surface area contributed by atoms with E-state index in [4.69, 9.17) is 0 Å². The monoisotopic (exact) mass is 439 g/mol. The van der Waals surface area contributed by atoms with Crippen LogP contribution in [-0.2, 0) is 0 Å². The number of allylic oxidation sites excluding steroid dienone is 12. The SMILES string of the molecule is CC1C=CCCC1NC1C=CC=CC1C1=CCCC(C2=CC(C3C=CC=CC3C)=CCC2)C1. The molecule has 33 heavy (non-hydrogen) atoms. The van der Waals surface area contributed by atoms with E-state index in [0.717, 1.165) is 0 Å². The minimum Gasteiger partial charge on any atom is -0.306 e. The quantitative estimate of drug-likeness (QED) is 0.431. The molecule has 1 heteroatoms. The first kappa shape index (κ1) is 22.7. The van der Waals surface area contributed by atoms with Crippen LogP contribution in [0.3, 0.4) is 0 Å². The highest BCUT2D eigenvalue weighted by atomic mass is 15.0. The van der Waals surface area contributed by atoms with E-state index in [0.29, 0.717) is 41.7 Å². The molecule has 0 saturated heterocycles. The molecule has 1 N–H and O–H groups in total. The van der Waals surface area contributed by atoms with Gasteiger partial charge in [0.2, 0.25) is 0 Å². The average Bonchev–Trinajstić information content (AvgIpc) is 2.86. The second-order valence-corrected chi connectivity index (χ2v) is 10.8. The molecule has 0 radical (unpaired) electrons. The molecule has 174 valence electrons. The van der Waals surface area contributed by atoms with E-state index in [1.165, 1.54) is 44.9 Å². The van der Waals surface area contributed by atoms with Crippen molar-refractivity contribution in [1.29, 1.82) is 0 Å². The van der Waals surface area contributed by atoms with Crippen LogP contribution in [-0.4, -0.2) is 12.1 Å². The van der Waals surface area contributed by atoms with Gasteiger partial charge in [-0.3, -0.25) is 0 Å². The maximum Gasteiger partial charge on any atom is 0.0356 e. The zero-order valence-corrected chi connectivity index (χ0v) is 20.5. The van der Waals surface area contributed by atoms with E-state index in [9.17, 15) is 0 Å². The van der Waals surface area contributed by atoms with Crippen LogP contribution >= 0.6 is 0 Å². The van der Waals surface area contributed by atoms with Gasteiger partial charge >= 0.3 is 0 Å². The molecule has 5 aliphatic rings. The zero-order valence-electron chi connectivity index (χ0n) is 20.5. The minimum atomic E-state index is 0.426. The Hall–Kier alpha value is -2.12. The Bertz CT molecular complexity index is 949. The van der Waals surface area contributed by atoms with E-state index >= 15 is 0 Å². The van der Waals surface area contributed by atoms with Gasteiger partial charge in [0.05, 0.1) is 0 Å². The van der Waals surface area contributed by atoms with Gasteiger partial charge in [-0.1, -0.05) is 104 Å². The number of hydrogen-bond donors (Lipinski definition) is 1. The number of nitrogens with one attached hydrogen (secondary N) is 1. The lowest BCUT2D eigenvalue weighted by atomic mass is 9.73. The van der Waals surface area contributed by atoms with Gasteiger partial charge in [0.15, 0.2) is 0 Å². The van der Waals surface area contributed by atoms with Crippen molar-refractivity contribution in [2.45, 2.75) is 70.9 Å². The Kier molecular flexibility index (Phi) is 7.16. The Balaban J connectivity index is 1.28. The summed E-state index contributed by atoms with van der Waals surface area (Å²) in [7, 11) is 0. The minimum absolute atomic E-state index is 0.426. The summed E-state index contributed by atoms with van der Waals surface area (Å²) in [5.74, 6) is 2.98. The largest absolute Gasteiger partial charge is 0.306 e. The van der Waals surface area contributed by atoms with Crippen LogP contribution in [0.1, 0.15) is 58.8 Å². The van der Waals surface area contributed by atoms with Crippen LogP contribution in [0.5, 0.6) is 0 Å². The molecule has 0 saturated carbocycles. The summed E-state index contributed by atoms with van der Waals surface area (Å²) in [5.41, 5.74) is 4.92. The van der Waals surface area contributed by atoms with Crippen LogP contribution in [0.15, 0.2) is 95.7 Å². The maximum absolute atomic E-state index is 4.04. The van der Waals surface area contributed by atoms with Gasteiger partial charge in [-0.05, 0) is 68.3 Å². The summed E-state index contributed by atoms with van der Waals surface area (Å²) in [5, 5.41) is 4.04. The van der Waals surface area contributed by atoms with Crippen molar-refractivity contribution in [1.82, 2.24) is 5.32 Å². The fourth-order valence-corrected chi connectivity index (χ4v) is 6.55. The molecule has 0 aromatic heterocycles. The van der Waals surface area contributed by atoms with Crippen molar-refractivity contribution in [3.63, 3.8) is 0 Å². The highest BCUT2D eigenvalue weighted by Crippen LogP contribution is 2.41. The molecule has 5 rings (SSSR count). The zero-order chi connectivity index (χ0) is 22.6. The highest BCUT2D eigenvalue weighted by molar-refractivity contribution is 5.38. The van der Waals surface area contributed by atoms with Gasteiger partial charge in [-0.25, -0.2) is 0 Å². The third-order valence-corrected chi connectivity index (χ3v) is 8.58. The molecule has 7 atom stereocenters. The molecule has 1 nitrogen and oxygen atoms in total. The predicted molar refractivity (Wildman–Crippen MR) is 142 cm³/mol. The second-order valence-electron chi connectivity index (χ2n) is 10.8. The molecule has 0 bridgehead atoms. The van der Waals surface area contributed by atoms with E-state index in [-0.39, 0.29) is 0 Å². The molecule has 5 aliphatic carbocycles. The lowest BCUT2D eigenvalue weighted by molar-refractivity contribution is 0.341. The number of hydrogen-bond acceptors (Lipinski definition) is 1. The average molecular weight is 440 g/mol. The summed E-state index contributed by atoms with van der Waals surface area (Å²) in [6, 6.07) is 1.02. The first-order valence-corrected chi connectivity index (χ1v) is 13.4. The second kappa shape index (κ2) is 10.4. The molecule has 0 heterocycles. The molecular formula is C32H41N. The fraction of sp³-hybridized carbons (Fsp3) is 0.500. The van der Waals surface area contributed by atoms with E-state index in [2.05, 4.69) is 98.2 Å². The van der Waals surface area contributed by atoms with Crippen molar-refractivity contribution in [3.8, 4) is 0 Å². The normalized spacial score (nSPS) is 38.1. The molecular weight excluding hydrogens is 398 g/mol. The molecule has 0 amide bonds. The standard InChI is InChI=1S/C32H41N/c1-23-11-3-5-17-29(23)27-15-9-13-25(21-27)26-14-10-16-28(22-26)30-18-6-8-20-32(30)33-31-19-7-4-12-24(31)2/h3-6,8,11-12,15-18,20-21,23-24,26,29-33H,7,9-10,13-14,19,22H2,1-2H3. The third kappa shape index (κ3) is 5.19. The Morgan fingerprint density at radius 2 is 1.55 bits per heavy atom. The van der Waals surface area contributed by atoms with E-state index in [1.54, 1.807) is 16.7 Å². The topological polar surface area (TPSA) is 12.0 Å². The van der Waals surface area contributed by atoms with Crippen LogP contribution < -0.4 is 5.32 Å². The van der Waals surface area contributed by atoms with Crippen molar-refractivity contribution in [2.24, 2.45) is 29.6 Å². The molecule has 0 spiro atoms. The van der Waals surface area contributed by atoms with Crippen LogP contribution in [0.25, 0.3) is 0 Å². The fourth-order valence-electron chi connectivity index (χ4n) is 6.55. The molecule has 0 aliphatic heterocycles. The van der Waals surface area contributed by atoms with Gasteiger partial charge in [-0.15, -0.1) is 0 Å². The Morgan fingerprint density at radius 3 is 2.39 bits per heavy atom. The van der Waals surface area contributed by atoms with Crippen LogP contribution in [0, 0.1) is 29.6 Å². The summed E-state index contributed by atoms with van der Waals surface area (Å²) in [6.07, 6.45) is 39.7. The Labute approximate surface area is 201 Å². The third-order valence-electron chi connectivity index (χ3n) is 8.58. The lowest BCUT2D eigenvalue weighted by Crippen LogP contribution is -2.46. The van der Waals surface area contributed by atoms with Crippen molar-refractivity contribution in [2.75, 3.05) is 0 Å². The van der Waals surface area contributed by atoms with Crippen LogP contribution in [0.4, 0.5) is 0 Å². The predicted octanol–water partition coefficient (Wildman–Crippen LogP) is 7.79. The first-order chi connectivity index (χ1) is 16.2. The number of rotatable bonds is 5. The van der Waals surface area contributed by atoms with Gasteiger partial charge in [0, 0.05) is 23.9 Å². The maximum atomic E-state index is 4.04.